The molecule has 2 aromatic carbocycles. The second-order valence-corrected chi connectivity index (χ2v) is 9.05. The highest BCUT2D eigenvalue weighted by molar-refractivity contribution is 7.99. The fraction of sp³-hybridized carbons (Fsp3) is 0.136. The smallest absolute Gasteiger partial charge is 0.271 e. The van der Waals surface area contributed by atoms with Gasteiger partial charge in [0.25, 0.3) is 5.56 Å². The average molecular weight is 456 g/mol. The molecule has 0 radical (unpaired) electrons. The first-order chi connectivity index (χ1) is 14.4. The zero-order valence-electron chi connectivity index (χ0n) is 16.3. The molecule has 2 aromatic heterocycles. The molecule has 30 heavy (non-hydrogen) atoms. The predicted molar refractivity (Wildman–Crippen MR) is 126 cm³/mol. The van der Waals surface area contributed by atoms with Gasteiger partial charge in [-0.3, -0.25) is 14.2 Å². The standard InChI is InChI=1S/C22H18ClN3O2S2/c1-13-3-5-14(6-4-13)17-11-29-20-19(17)25-22(26(2)21(20)28)30-12-18(27)24-16-9-7-15(23)8-10-16/h3-11H,12H2,1-2H3,(H,24,27). The predicted octanol–water partition coefficient (Wildman–Crippen LogP) is 5.35. The Morgan fingerprint density at radius 3 is 2.57 bits per heavy atom. The van der Waals surface area contributed by atoms with Crippen LogP contribution in [0.15, 0.2) is 63.9 Å². The molecule has 0 aliphatic heterocycles. The fourth-order valence-electron chi connectivity index (χ4n) is 2.95. The maximum Gasteiger partial charge on any atom is 0.271 e. The number of nitrogens with one attached hydrogen (secondary N) is 1. The molecule has 0 atom stereocenters. The normalized spacial score (nSPS) is 11.0. The highest BCUT2D eigenvalue weighted by Gasteiger charge is 2.16. The molecule has 8 heteroatoms. The number of anilines is 1. The van der Waals surface area contributed by atoms with Crippen LogP contribution in [-0.2, 0) is 11.8 Å². The first-order valence-electron chi connectivity index (χ1n) is 9.16. The number of fused-ring (bicyclic) bond motifs is 1. The Bertz CT molecular complexity index is 1280. The molecule has 1 N–H and O–H groups in total. The van der Waals surface area contributed by atoms with E-state index in [0.717, 1.165) is 11.1 Å². The molecule has 4 rings (SSSR count). The third-order valence-electron chi connectivity index (χ3n) is 4.58. The van der Waals surface area contributed by atoms with Gasteiger partial charge in [0, 0.05) is 28.7 Å². The van der Waals surface area contributed by atoms with Crippen LogP contribution < -0.4 is 10.9 Å². The van der Waals surface area contributed by atoms with Crippen LogP contribution in [0.3, 0.4) is 0 Å². The van der Waals surface area contributed by atoms with Crippen LogP contribution in [-0.4, -0.2) is 21.2 Å². The minimum absolute atomic E-state index is 0.107. The molecule has 0 bridgehead atoms. The molecule has 0 unspecified atom stereocenters. The Morgan fingerprint density at radius 1 is 1.17 bits per heavy atom. The lowest BCUT2D eigenvalue weighted by Crippen LogP contribution is -2.20. The number of hydrogen-bond donors (Lipinski definition) is 1. The lowest BCUT2D eigenvalue weighted by molar-refractivity contribution is -0.113. The number of thioether (sulfide) groups is 1. The topological polar surface area (TPSA) is 64.0 Å². The van der Waals surface area contributed by atoms with Crippen molar-refractivity contribution >= 4 is 56.5 Å². The van der Waals surface area contributed by atoms with Crippen molar-refractivity contribution in [2.75, 3.05) is 11.1 Å². The van der Waals surface area contributed by atoms with Crippen LogP contribution in [0.25, 0.3) is 21.3 Å². The largest absolute Gasteiger partial charge is 0.325 e. The lowest BCUT2D eigenvalue weighted by Gasteiger charge is -2.09. The van der Waals surface area contributed by atoms with E-state index in [-0.39, 0.29) is 17.2 Å². The summed E-state index contributed by atoms with van der Waals surface area (Å²) in [6.45, 7) is 2.04. The summed E-state index contributed by atoms with van der Waals surface area (Å²) >= 11 is 8.50. The van der Waals surface area contributed by atoms with E-state index in [1.807, 2.05) is 36.6 Å². The zero-order chi connectivity index (χ0) is 21.3. The monoisotopic (exact) mass is 455 g/mol. The van der Waals surface area contributed by atoms with Gasteiger partial charge >= 0.3 is 0 Å². The number of aryl methyl sites for hydroxylation is 1. The quantitative estimate of drug-likeness (QED) is 0.325. The number of carbonyl (C=O) groups excluding carboxylic acids is 1. The second-order valence-electron chi connectivity index (χ2n) is 6.80. The number of amides is 1. The van der Waals surface area contributed by atoms with Gasteiger partial charge < -0.3 is 5.32 Å². The highest BCUT2D eigenvalue weighted by atomic mass is 35.5. The van der Waals surface area contributed by atoms with Gasteiger partial charge in [0.05, 0.1) is 11.3 Å². The summed E-state index contributed by atoms with van der Waals surface area (Å²) in [6.07, 6.45) is 0. The van der Waals surface area contributed by atoms with Gasteiger partial charge in [0.15, 0.2) is 5.16 Å². The minimum atomic E-state index is -0.180. The first kappa shape index (κ1) is 20.7. The lowest BCUT2D eigenvalue weighted by atomic mass is 10.1. The van der Waals surface area contributed by atoms with E-state index in [9.17, 15) is 9.59 Å². The Morgan fingerprint density at radius 2 is 1.87 bits per heavy atom. The van der Waals surface area contributed by atoms with Gasteiger partial charge in [-0.25, -0.2) is 4.98 Å². The van der Waals surface area contributed by atoms with Crippen LogP contribution >= 0.6 is 34.7 Å². The molecule has 0 saturated carbocycles. The van der Waals surface area contributed by atoms with Crippen LogP contribution in [0.4, 0.5) is 5.69 Å². The minimum Gasteiger partial charge on any atom is -0.325 e. The van der Waals surface area contributed by atoms with Crippen LogP contribution in [0.5, 0.6) is 0 Å². The highest BCUT2D eigenvalue weighted by Crippen LogP contribution is 2.32. The molecule has 0 spiro atoms. The number of benzene rings is 2. The number of halogens is 1. The van der Waals surface area contributed by atoms with Gasteiger partial charge in [-0.1, -0.05) is 53.2 Å². The Kier molecular flexibility index (Phi) is 5.94. The van der Waals surface area contributed by atoms with Gasteiger partial charge in [-0.2, -0.15) is 0 Å². The summed E-state index contributed by atoms with van der Waals surface area (Å²) < 4.78 is 2.11. The summed E-state index contributed by atoms with van der Waals surface area (Å²) in [5, 5.41) is 5.89. The van der Waals surface area contributed by atoms with E-state index in [4.69, 9.17) is 16.6 Å². The van der Waals surface area contributed by atoms with Crippen LogP contribution in [0.1, 0.15) is 5.56 Å². The SMILES string of the molecule is Cc1ccc(-c2csc3c(=O)n(C)c(SCC(=O)Nc4ccc(Cl)cc4)nc23)cc1. The molecular formula is C22H18ClN3O2S2. The van der Waals surface area contributed by atoms with Crippen LogP contribution in [0, 0.1) is 6.92 Å². The molecule has 1 amide bonds. The Hall–Kier alpha value is -2.61. The van der Waals surface area contributed by atoms with Crippen molar-refractivity contribution in [2.24, 2.45) is 7.05 Å². The van der Waals surface area contributed by atoms with Crippen molar-refractivity contribution in [3.63, 3.8) is 0 Å². The zero-order valence-corrected chi connectivity index (χ0v) is 18.7. The molecular weight excluding hydrogens is 438 g/mol. The van der Waals surface area contributed by atoms with E-state index in [1.165, 1.54) is 33.2 Å². The van der Waals surface area contributed by atoms with Gasteiger partial charge in [0.2, 0.25) is 5.91 Å². The van der Waals surface area contributed by atoms with Crippen molar-refractivity contribution in [1.29, 1.82) is 0 Å². The van der Waals surface area contributed by atoms with E-state index < -0.39 is 0 Å². The number of thiophene rings is 1. The first-order valence-corrected chi connectivity index (χ1v) is 11.4. The summed E-state index contributed by atoms with van der Waals surface area (Å²) in [5.41, 5.74) is 4.35. The number of hydrogen-bond acceptors (Lipinski definition) is 5. The van der Waals surface area contributed by atoms with Crippen LogP contribution in [0.2, 0.25) is 5.02 Å². The summed E-state index contributed by atoms with van der Waals surface area (Å²) in [5.74, 6) is -0.0425. The molecule has 152 valence electrons. The second kappa shape index (κ2) is 8.63. The average Bonchev–Trinajstić information content (AvgIpc) is 3.16. The molecule has 5 nitrogen and oxygen atoms in total. The molecule has 0 saturated heterocycles. The number of nitrogens with zero attached hydrogens (tertiary/aromatic N) is 2. The molecule has 0 aliphatic rings. The Labute approximate surface area is 186 Å². The van der Waals surface area contributed by atoms with Gasteiger partial charge in [-0.05, 0) is 36.8 Å². The number of carbonyl (C=O) groups is 1. The van der Waals surface area contributed by atoms with E-state index in [1.54, 1.807) is 31.3 Å². The third-order valence-corrected chi connectivity index (χ3v) is 6.82. The molecule has 0 fully saturated rings. The van der Waals surface area contributed by atoms with E-state index in [2.05, 4.69) is 5.32 Å². The Balaban J connectivity index is 1.59. The summed E-state index contributed by atoms with van der Waals surface area (Å²) in [4.78, 5) is 29.9. The molecule has 0 aliphatic carbocycles. The van der Waals surface area contributed by atoms with Crippen molar-refractivity contribution < 1.29 is 4.79 Å². The third kappa shape index (κ3) is 4.28. The summed E-state index contributed by atoms with van der Waals surface area (Å²) in [6, 6.07) is 15.0. The number of aromatic nitrogens is 2. The molecule has 4 aromatic rings. The van der Waals surface area contributed by atoms with Crippen molar-refractivity contribution in [3.8, 4) is 11.1 Å². The van der Waals surface area contributed by atoms with Gasteiger partial charge in [-0.15, -0.1) is 11.3 Å². The summed E-state index contributed by atoms with van der Waals surface area (Å²) in [7, 11) is 1.68. The van der Waals surface area contributed by atoms with E-state index in [0.29, 0.717) is 26.1 Å². The van der Waals surface area contributed by atoms with Crippen molar-refractivity contribution in [1.82, 2.24) is 9.55 Å². The van der Waals surface area contributed by atoms with E-state index >= 15 is 0 Å². The van der Waals surface area contributed by atoms with Crippen molar-refractivity contribution in [3.05, 3.63) is 74.9 Å². The van der Waals surface area contributed by atoms with Crippen molar-refractivity contribution in [2.45, 2.75) is 12.1 Å². The number of rotatable bonds is 5. The maximum absolute atomic E-state index is 12.8. The maximum atomic E-state index is 12.8. The van der Waals surface area contributed by atoms with Gasteiger partial charge in [0.1, 0.15) is 4.70 Å². The molecule has 2 heterocycles. The fourth-order valence-corrected chi connectivity index (χ4v) is 4.83.